The summed E-state index contributed by atoms with van der Waals surface area (Å²) in [6, 6.07) is 9.27. The second kappa shape index (κ2) is 9.11. The molecule has 0 radical (unpaired) electrons. The molecule has 0 aliphatic heterocycles. The Bertz CT molecular complexity index is 1180. The molecule has 10 heteroatoms. The van der Waals surface area contributed by atoms with Gasteiger partial charge in [0.05, 0.1) is 16.5 Å². The molecule has 31 heavy (non-hydrogen) atoms. The fraction of sp³-hybridized carbons (Fsp3) is 0.333. The topological polar surface area (TPSA) is 107 Å². The molecule has 0 bridgehead atoms. The third-order valence-electron chi connectivity index (χ3n) is 5.02. The van der Waals surface area contributed by atoms with Crippen molar-refractivity contribution in [2.75, 3.05) is 6.54 Å². The summed E-state index contributed by atoms with van der Waals surface area (Å²) < 4.78 is 6.45. The highest BCUT2D eigenvalue weighted by Gasteiger charge is 2.26. The number of amides is 1. The van der Waals surface area contributed by atoms with E-state index in [1.165, 1.54) is 22.8 Å². The highest BCUT2D eigenvalue weighted by molar-refractivity contribution is 6.36. The molecule has 1 aromatic heterocycles. The van der Waals surface area contributed by atoms with Crippen molar-refractivity contribution in [3.8, 4) is 0 Å². The molecule has 2 aromatic carbocycles. The van der Waals surface area contributed by atoms with Gasteiger partial charge in [0.2, 0.25) is 5.91 Å². The maximum Gasteiger partial charge on any atom is 0.419 e. The second-order valence-electron chi connectivity index (χ2n) is 7.79. The average molecular weight is 466 g/mol. The number of rotatable bonds is 8. The van der Waals surface area contributed by atoms with Gasteiger partial charge in [-0.15, -0.1) is 0 Å². The lowest BCUT2D eigenvalue weighted by atomic mass is 9.84. The molecule has 0 aliphatic carbocycles. The van der Waals surface area contributed by atoms with E-state index in [1.807, 2.05) is 13.8 Å². The van der Waals surface area contributed by atoms with Gasteiger partial charge in [-0.05, 0) is 30.2 Å². The fourth-order valence-electron chi connectivity index (χ4n) is 3.42. The zero-order valence-electron chi connectivity index (χ0n) is 17.0. The molecule has 0 atom stereocenters. The van der Waals surface area contributed by atoms with Crippen molar-refractivity contribution in [1.29, 1.82) is 0 Å². The van der Waals surface area contributed by atoms with Crippen molar-refractivity contribution >= 4 is 45.9 Å². The van der Waals surface area contributed by atoms with Gasteiger partial charge in [0.25, 0.3) is 5.69 Å². The number of oxazole rings is 1. The number of carbonyl (C=O) groups excluding carboxylic acids is 1. The molecule has 0 aliphatic rings. The molecular weight excluding hydrogens is 445 g/mol. The van der Waals surface area contributed by atoms with E-state index in [0.717, 1.165) is 5.56 Å². The zero-order chi connectivity index (χ0) is 22.8. The molecule has 3 rings (SSSR count). The van der Waals surface area contributed by atoms with Gasteiger partial charge < -0.3 is 9.73 Å². The van der Waals surface area contributed by atoms with Gasteiger partial charge in [-0.3, -0.25) is 19.5 Å². The SMILES string of the molecule is CC(C)(CNC(=O)CCCn1c(=O)oc2cc([N+](=O)[O-])ccc21)c1c(Cl)cccc1Cl. The van der Waals surface area contributed by atoms with Crippen LogP contribution in [-0.4, -0.2) is 21.9 Å². The Morgan fingerprint density at radius 1 is 1.23 bits per heavy atom. The first-order chi connectivity index (χ1) is 14.6. The van der Waals surface area contributed by atoms with Crippen molar-refractivity contribution in [3.05, 3.63) is 72.7 Å². The fourth-order valence-corrected chi connectivity index (χ4v) is 4.33. The van der Waals surface area contributed by atoms with E-state index in [0.29, 0.717) is 28.5 Å². The van der Waals surface area contributed by atoms with Crippen LogP contribution < -0.4 is 11.1 Å². The first kappa shape index (κ1) is 22.8. The van der Waals surface area contributed by atoms with Gasteiger partial charge in [0.15, 0.2) is 5.58 Å². The van der Waals surface area contributed by atoms with Crippen LogP contribution in [0.15, 0.2) is 45.6 Å². The highest BCUT2D eigenvalue weighted by atomic mass is 35.5. The number of hydrogen-bond donors (Lipinski definition) is 1. The zero-order valence-corrected chi connectivity index (χ0v) is 18.5. The summed E-state index contributed by atoms with van der Waals surface area (Å²) in [5.41, 5.74) is 0.725. The van der Waals surface area contributed by atoms with E-state index in [9.17, 15) is 19.7 Å². The second-order valence-corrected chi connectivity index (χ2v) is 8.60. The minimum atomic E-state index is -0.620. The quantitative estimate of drug-likeness (QED) is 0.383. The van der Waals surface area contributed by atoms with Gasteiger partial charge in [0, 0.05) is 41.0 Å². The van der Waals surface area contributed by atoms with E-state index in [4.69, 9.17) is 27.6 Å². The number of hydrogen-bond acceptors (Lipinski definition) is 5. The molecule has 1 N–H and O–H groups in total. The number of benzene rings is 2. The van der Waals surface area contributed by atoms with Gasteiger partial charge in [0.1, 0.15) is 0 Å². The van der Waals surface area contributed by atoms with Crippen molar-refractivity contribution in [3.63, 3.8) is 0 Å². The van der Waals surface area contributed by atoms with Crippen LogP contribution in [-0.2, 0) is 16.8 Å². The smallest absolute Gasteiger partial charge is 0.407 e. The van der Waals surface area contributed by atoms with Crippen LogP contribution in [0.4, 0.5) is 5.69 Å². The Hall–Kier alpha value is -2.84. The summed E-state index contributed by atoms with van der Waals surface area (Å²) in [5, 5.41) is 14.8. The first-order valence-electron chi connectivity index (χ1n) is 9.59. The number of nitrogens with zero attached hydrogens (tertiary/aromatic N) is 2. The van der Waals surface area contributed by atoms with E-state index in [1.54, 1.807) is 18.2 Å². The summed E-state index contributed by atoms with van der Waals surface area (Å²) in [6.45, 7) is 4.47. The summed E-state index contributed by atoms with van der Waals surface area (Å²) in [4.78, 5) is 34.7. The third kappa shape index (κ3) is 5.08. The number of non-ortho nitro benzene ring substituents is 1. The predicted octanol–water partition coefficient (Wildman–Crippen LogP) is 4.68. The number of nitro groups is 1. The molecule has 164 valence electrons. The summed E-state index contributed by atoms with van der Waals surface area (Å²) in [7, 11) is 0. The Kier molecular flexibility index (Phi) is 6.71. The molecule has 1 heterocycles. The third-order valence-corrected chi connectivity index (χ3v) is 5.65. The molecule has 0 fully saturated rings. The Labute approximate surface area is 187 Å². The number of fused-ring (bicyclic) bond motifs is 1. The van der Waals surface area contributed by atoms with Crippen molar-refractivity contribution < 1.29 is 14.1 Å². The summed E-state index contributed by atoms with van der Waals surface area (Å²) >= 11 is 12.6. The standard InChI is InChI=1S/C21H21Cl2N3O5/c1-21(2,19-14(22)5-3-6-15(19)23)12-24-18(27)7-4-10-25-16-9-8-13(26(29)30)11-17(16)31-20(25)28/h3,5-6,8-9,11H,4,7,10,12H2,1-2H3,(H,24,27). The Morgan fingerprint density at radius 3 is 2.55 bits per heavy atom. The maximum absolute atomic E-state index is 12.3. The average Bonchev–Trinajstić information content (AvgIpc) is 3.00. The lowest BCUT2D eigenvalue weighted by molar-refractivity contribution is -0.384. The van der Waals surface area contributed by atoms with E-state index >= 15 is 0 Å². The van der Waals surface area contributed by atoms with Crippen LogP contribution >= 0.6 is 23.2 Å². The van der Waals surface area contributed by atoms with Crippen LogP contribution in [0, 0.1) is 10.1 Å². The number of carbonyl (C=O) groups is 1. The number of halogens is 2. The molecule has 0 saturated carbocycles. The van der Waals surface area contributed by atoms with Crippen LogP contribution in [0.25, 0.3) is 11.1 Å². The van der Waals surface area contributed by atoms with Crippen molar-refractivity contribution in [2.45, 2.75) is 38.6 Å². The Balaban J connectivity index is 1.59. The minimum Gasteiger partial charge on any atom is -0.407 e. The molecule has 0 unspecified atom stereocenters. The van der Waals surface area contributed by atoms with Gasteiger partial charge in [-0.25, -0.2) is 4.79 Å². The van der Waals surface area contributed by atoms with E-state index in [-0.39, 0.29) is 30.1 Å². The van der Waals surface area contributed by atoms with E-state index in [2.05, 4.69) is 5.32 Å². The van der Waals surface area contributed by atoms with Crippen LogP contribution in [0.3, 0.4) is 0 Å². The van der Waals surface area contributed by atoms with Crippen LogP contribution in [0.2, 0.25) is 10.0 Å². The van der Waals surface area contributed by atoms with E-state index < -0.39 is 16.1 Å². The van der Waals surface area contributed by atoms with Gasteiger partial charge in [-0.2, -0.15) is 0 Å². The van der Waals surface area contributed by atoms with Crippen LogP contribution in [0.1, 0.15) is 32.3 Å². The minimum absolute atomic E-state index is 0.141. The number of aryl methyl sites for hydroxylation is 1. The van der Waals surface area contributed by atoms with Crippen LogP contribution in [0.5, 0.6) is 0 Å². The van der Waals surface area contributed by atoms with Crippen molar-refractivity contribution in [1.82, 2.24) is 9.88 Å². The number of aromatic nitrogens is 1. The number of nitro benzene ring substituents is 1. The molecule has 0 spiro atoms. The molecule has 8 nitrogen and oxygen atoms in total. The summed E-state index contributed by atoms with van der Waals surface area (Å²) in [6.07, 6.45) is 0.586. The first-order valence-corrected chi connectivity index (χ1v) is 10.3. The molecular formula is C21H21Cl2N3O5. The van der Waals surface area contributed by atoms with Gasteiger partial charge in [-0.1, -0.05) is 43.1 Å². The monoisotopic (exact) mass is 465 g/mol. The van der Waals surface area contributed by atoms with Crippen molar-refractivity contribution in [2.24, 2.45) is 0 Å². The predicted molar refractivity (Wildman–Crippen MR) is 119 cm³/mol. The molecule has 1 amide bonds. The Morgan fingerprint density at radius 2 is 1.90 bits per heavy atom. The molecule has 3 aromatic rings. The summed E-state index contributed by atoms with van der Waals surface area (Å²) in [5.74, 6) is -0.793. The molecule has 0 saturated heterocycles. The number of nitrogens with one attached hydrogen (secondary N) is 1. The lowest BCUT2D eigenvalue weighted by Crippen LogP contribution is -2.37. The maximum atomic E-state index is 12.3. The van der Waals surface area contributed by atoms with Gasteiger partial charge >= 0.3 is 5.76 Å². The largest absolute Gasteiger partial charge is 0.419 e. The lowest BCUT2D eigenvalue weighted by Gasteiger charge is -2.27. The highest BCUT2D eigenvalue weighted by Crippen LogP contribution is 2.35. The normalized spacial score (nSPS) is 11.6.